The Hall–Kier alpha value is -2.05. The van der Waals surface area contributed by atoms with E-state index in [1.165, 1.54) is 23.5 Å². The molecule has 2 aromatic rings. The molecule has 0 aliphatic heterocycles. The Morgan fingerprint density at radius 2 is 1.81 bits per heavy atom. The van der Waals surface area contributed by atoms with Crippen LogP contribution in [0.5, 0.6) is 0 Å². The van der Waals surface area contributed by atoms with Crippen LogP contribution in [-0.4, -0.2) is 26.0 Å². The number of aryl methyl sites for hydroxylation is 2. The number of nitrogens with zero attached hydrogens (tertiary/aromatic N) is 4. The molecule has 0 aliphatic carbocycles. The smallest absolute Gasteiger partial charge is 0.332 e. The van der Waals surface area contributed by atoms with Gasteiger partial charge < -0.3 is 4.84 Å². The van der Waals surface area contributed by atoms with Gasteiger partial charge in [0, 0.05) is 14.1 Å². The molecule has 0 atom stereocenters. The third-order valence-corrected chi connectivity index (χ3v) is 2.56. The van der Waals surface area contributed by atoms with Gasteiger partial charge in [0.2, 0.25) is 0 Å². The van der Waals surface area contributed by atoms with E-state index in [0.29, 0.717) is 11.5 Å². The largest absolute Gasteiger partial charge is 0.415 e. The van der Waals surface area contributed by atoms with Crippen LogP contribution in [0.15, 0.2) is 9.59 Å². The average molecular weight is 224 g/mol. The molecule has 0 aliphatic rings. The SMILES string of the molecule is COn1c(C)nc2c1c(=O)n(C)c(=O)n2C. The van der Waals surface area contributed by atoms with E-state index in [1.807, 2.05) is 0 Å². The molecule has 2 aromatic heterocycles. The second-order valence-corrected chi connectivity index (χ2v) is 3.51. The van der Waals surface area contributed by atoms with Gasteiger partial charge in [0.05, 0.1) is 0 Å². The molecular formula is C9H12N4O3. The Labute approximate surface area is 90.5 Å². The van der Waals surface area contributed by atoms with E-state index < -0.39 is 11.2 Å². The van der Waals surface area contributed by atoms with Gasteiger partial charge in [-0.1, -0.05) is 0 Å². The van der Waals surface area contributed by atoms with Gasteiger partial charge in [-0.05, 0) is 6.92 Å². The number of aromatic nitrogens is 4. The normalized spacial score (nSPS) is 11.0. The highest BCUT2D eigenvalue weighted by atomic mass is 16.6. The van der Waals surface area contributed by atoms with Crippen molar-refractivity contribution in [2.24, 2.45) is 14.1 Å². The summed E-state index contributed by atoms with van der Waals surface area (Å²) in [5.41, 5.74) is -0.226. The lowest BCUT2D eigenvalue weighted by Crippen LogP contribution is -2.37. The average Bonchev–Trinajstić information content (AvgIpc) is 2.60. The summed E-state index contributed by atoms with van der Waals surface area (Å²) in [7, 11) is 4.43. The monoisotopic (exact) mass is 224 g/mol. The number of imidazole rings is 1. The van der Waals surface area contributed by atoms with E-state index in [0.717, 1.165) is 4.57 Å². The van der Waals surface area contributed by atoms with E-state index in [4.69, 9.17) is 4.84 Å². The maximum atomic E-state index is 11.9. The molecule has 7 nitrogen and oxygen atoms in total. The zero-order valence-electron chi connectivity index (χ0n) is 9.51. The summed E-state index contributed by atoms with van der Waals surface area (Å²) in [6, 6.07) is 0. The van der Waals surface area contributed by atoms with Gasteiger partial charge >= 0.3 is 5.69 Å². The topological polar surface area (TPSA) is 71.1 Å². The van der Waals surface area contributed by atoms with Gasteiger partial charge in [0.15, 0.2) is 11.2 Å². The van der Waals surface area contributed by atoms with Crippen molar-refractivity contribution in [1.29, 1.82) is 0 Å². The summed E-state index contributed by atoms with van der Waals surface area (Å²) in [5, 5.41) is 0. The Kier molecular flexibility index (Phi) is 2.11. The Balaban J connectivity index is 3.15. The first-order valence-electron chi connectivity index (χ1n) is 4.68. The standard InChI is InChI=1S/C9H12N4O3/c1-5-10-7-6(13(5)16-4)8(14)12(3)9(15)11(7)2/h1-4H3. The molecule has 0 N–H and O–H groups in total. The van der Waals surface area contributed by atoms with Crippen LogP contribution in [0.1, 0.15) is 5.82 Å². The van der Waals surface area contributed by atoms with Crippen LogP contribution >= 0.6 is 0 Å². The minimum atomic E-state index is -0.416. The molecule has 0 saturated heterocycles. The van der Waals surface area contributed by atoms with Crippen molar-refractivity contribution in [3.63, 3.8) is 0 Å². The minimum absolute atomic E-state index is 0.268. The lowest BCUT2D eigenvalue weighted by molar-refractivity contribution is 0.170. The number of hydrogen-bond acceptors (Lipinski definition) is 4. The molecule has 0 amide bonds. The Bertz CT molecular complexity index is 677. The van der Waals surface area contributed by atoms with Crippen molar-refractivity contribution in [3.05, 3.63) is 26.7 Å². The minimum Gasteiger partial charge on any atom is -0.415 e. The maximum absolute atomic E-state index is 11.9. The summed E-state index contributed by atoms with van der Waals surface area (Å²) in [4.78, 5) is 32.7. The van der Waals surface area contributed by atoms with E-state index in [2.05, 4.69) is 4.98 Å². The van der Waals surface area contributed by atoms with Gasteiger partial charge in [-0.25, -0.2) is 9.78 Å². The summed E-state index contributed by atoms with van der Waals surface area (Å²) in [6.45, 7) is 1.70. The fraction of sp³-hybridized carbons (Fsp3) is 0.444. The van der Waals surface area contributed by atoms with Crippen LogP contribution in [0, 0.1) is 6.92 Å². The highest BCUT2D eigenvalue weighted by molar-refractivity contribution is 5.70. The second kappa shape index (κ2) is 3.22. The zero-order chi connectivity index (χ0) is 12.0. The summed E-state index contributed by atoms with van der Waals surface area (Å²) >= 11 is 0. The molecule has 7 heteroatoms. The number of rotatable bonds is 1. The molecule has 0 fully saturated rings. The molecular weight excluding hydrogens is 212 g/mol. The van der Waals surface area contributed by atoms with Gasteiger partial charge in [0.25, 0.3) is 5.56 Å². The maximum Gasteiger partial charge on any atom is 0.332 e. The van der Waals surface area contributed by atoms with Crippen molar-refractivity contribution in [2.75, 3.05) is 7.11 Å². The molecule has 2 rings (SSSR count). The fourth-order valence-corrected chi connectivity index (χ4v) is 1.71. The molecule has 0 radical (unpaired) electrons. The van der Waals surface area contributed by atoms with Gasteiger partial charge in [-0.2, -0.15) is 4.73 Å². The predicted octanol–water partition coefficient (Wildman–Crippen LogP) is -1.20. The van der Waals surface area contributed by atoms with Crippen molar-refractivity contribution in [3.8, 4) is 0 Å². The van der Waals surface area contributed by atoms with Crippen molar-refractivity contribution >= 4 is 11.2 Å². The first kappa shape index (κ1) is 10.5. The lowest BCUT2D eigenvalue weighted by Gasteiger charge is -2.05. The zero-order valence-corrected chi connectivity index (χ0v) is 9.51. The predicted molar refractivity (Wildman–Crippen MR) is 57.5 cm³/mol. The third kappa shape index (κ3) is 1.11. The van der Waals surface area contributed by atoms with Crippen LogP contribution in [0.4, 0.5) is 0 Å². The molecule has 0 aromatic carbocycles. The van der Waals surface area contributed by atoms with E-state index in [9.17, 15) is 9.59 Å². The van der Waals surface area contributed by atoms with Crippen LogP contribution in [0.2, 0.25) is 0 Å². The molecule has 16 heavy (non-hydrogen) atoms. The van der Waals surface area contributed by atoms with Crippen LogP contribution in [0.25, 0.3) is 11.2 Å². The highest BCUT2D eigenvalue weighted by Crippen LogP contribution is 2.07. The van der Waals surface area contributed by atoms with Crippen molar-refractivity contribution in [2.45, 2.75) is 6.92 Å². The quantitative estimate of drug-likeness (QED) is 0.610. The second-order valence-electron chi connectivity index (χ2n) is 3.51. The van der Waals surface area contributed by atoms with Gasteiger partial charge in [-0.15, -0.1) is 0 Å². The molecule has 0 bridgehead atoms. The first-order chi connectivity index (χ1) is 7.49. The van der Waals surface area contributed by atoms with E-state index in [1.54, 1.807) is 14.0 Å². The van der Waals surface area contributed by atoms with E-state index >= 15 is 0 Å². The molecule has 0 saturated carbocycles. The summed E-state index contributed by atoms with van der Waals surface area (Å²) < 4.78 is 3.66. The lowest BCUT2D eigenvalue weighted by atomic mass is 10.5. The molecule has 2 heterocycles. The number of hydrogen-bond donors (Lipinski definition) is 0. The van der Waals surface area contributed by atoms with Crippen LogP contribution < -0.4 is 16.1 Å². The molecule has 86 valence electrons. The van der Waals surface area contributed by atoms with Gasteiger partial charge in [0.1, 0.15) is 12.9 Å². The first-order valence-corrected chi connectivity index (χ1v) is 4.68. The molecule has 0 spiro atoms. The van der Waals surface area contributed by atoms with Crippen LogP contribution in [0.3, 0.4) is 0 Å². The highest BCUT2D eigenvalue weighted by Gasteiger charge is 2.17. The summed E-state index contributed by atoms with van der Waals surface area (Å²) in [5.74, 6) is 0.524. The summed E-state index contributed by atoms with van der Waals surface area (Å²) in [6.07, 6.45) is 0. The van der Waals surface area contributed by atoms with Crippen molar-refractivity contribution < 1.29 is 4.84 Å². The van der Waals surface area contributed by atoms with Crippen LogP contribution in [-0.2, 0) is 14.1 Å². The Morgan fingerprint density at radius 1 is 1.19 bits per heavy atom. The number of fused-ring (bicyclic) bond motifs is 1. The Morgan fingerprint density at radius 3 is 2.38 bits per heavy atom. The van der Waals surface area contributed by atoms with E-state index in [-0.39, 0.29) is 5.52 Å². The molecule has 0 unspecified atom stereocenters. The fourth-order valence-electron chi connectivity index (χ4n) is 1.71. The third-order valence-electron chi connectivity index (χ3n) is 2.56. The van der Waals surface area contributed by atoms with Crippen molar-refractivity contribution in [1.82, 2.24) is 18.8 Å². The van der Waals surface area contributed by atoms with Gasteiger partial charge in [-0.3, -0.25) is 13.9 Å².